The molecule has 0 saturated heterocycles. The van der Waals surface area contributed by atoms with Crippen molar-refractivity contribution in [2.75, 3.05) is 47.5 Å². The third-order valence-corrected chi connectivity index (χ3v) is 10.8. The van der Waals surface area contributed by atoms with Gasteiger partial charge in [-0.25, -0.2) is 0 Å². The summed E-state index contributed by atoms with van der Waals surface area (Å²) in [6, 6.07) is 31.5. The van der Waals surface area contributed by atoms with E-state index in [9.17, 15) is 19.0 Å². The minimum Gasteiger partial charge on any atom is -0.756 e. The number of carbonyl (C=O) groups excluding carboxylic acids is 2. The lowest BCUT2D eigenvalue weighted by Gasteiger charge is -2.28. The molecule has 1 unspecified atom stereocenters. The van der Waals surface area contributed by atoms with E-state index in [1.807, 2.05) is 93.9 Å². The number of aryl methyl sites for hydroxylation is 4. The zero-order valence-corrected chi connectivity index (χ0v) is 38.0. The van der Waals surface area contributed by atoms with Gasteiger partial charge in [-0.15, -0.1) is 0 Å². The molecule has 0 amide bonds. The van der Waals surface area contributed by atoms with Gasteiger partial charge in [0.1, 0.15) is 19.8 Å². The fourth-order valence-corrected chi connectivity index (χ4v) is 6.77. The van der Waals surface area contributed by atoms with Gasteiger partial charge >= 0.3 is 11.9 Å². The molecule has 0 aliphatic heterocycles. The SMILES string of the molecule is CCCCc1ccc(N=Nc2ccc(CCCC(=O)OC[C@H](COP(=O)([O-])OCC[N+](C)(C)C)OC(=O)CCCc3ccc(N=Nc4ccc(CCCC)cc4)cc3)cc2)cc1. The summed E-state index contributed by atoms with van der Waals surface area (Å²) in [7, 11) is 0.991. The maximum absolute atomic E-state index is 12.9. The Kier molecular flexibility index (Phi) is 21.3. The van der Waals surface area contributed by atoms with E-state index in [2.05, 4.69) is 58.6 Å². The van der Waals surface area contributed by atoms with E-state index in [-0.39, 0.29) is 26.1 Å². The molecule has 62 heavy (non-hydrogen) atoms. The quantitative estimate of drug-likeness (QED) is 0.0236. The maximum Gasteiger partial charge on any atom is 0.306 e. The molecule has 0 spiro atoms. The highest BCUT2D eigenvalue weighted by Crippen LogP contribution is 2.38. The Labute approximate surface area is 367 Å². The summed E-state index contributed by atoms with van der Waals surface area (Å²) in [6.45, 7) is 3.77. The van der Waals surface area contributed by atoms with Gasteiger partial charge in [-0.2, -0.15) is 20.5 Å². The number of rotatable bonds is 28. The van der Waals surface area contributed by atoms with Crippen molar-refractivity contribution in [3.63, 3.8) is 0 Å². The number of quaternary nitrogens is 1. The number of phosphoric ester groups is 1. The summed E-state index contributed by atoms with van der Waals surface area (Å²) in [5, 5.41) is 17.4. The van der Waals surface area contributed by atoms with Gasteiger partial charge in [0.15, 0.2) is 6.10 Å². The Morgan fingerprint density at radius 2 is 0.935 bits per heavy atom. The number of ether oxygens (including phenoxy) is 2. The summed E-state index contributed by atoms with van der Waals surface area (Å²) >= 11 is 0. The first-order valence-corrected chi connectivity index (χ1v) is 23.2. The number of nitrogens with zero attached hydrogens (tertiary/aromatic N) is 5. The number of phosphoric acid groups is 1. The summed E-state index contributed by atoms with van der Waals surface area (Å²) in [5.41, 5.74) is 7.62. The molecule has 0 saturated carbocycles. The molecule has 0 radical (unpaired) electrons. The van der Waals surface area contributed by atoms with Crippen molar-refractivity contribution < 1.29 is 42.1 Å². The standard InChI is InChI=1S/C48H64N5O8P/c1-6-8-12-38-18-26-42(27-19-38)49-51-44-30-22-40(23-31-44)14-10-16-47(54)58-36-46(37-60-62(56,57)59-35-34-53(3,4)5)61-48(55)17-11-15-41-24-32-45(33-25-41)52-50-43-28-20-39(21-29-43)13-9-7-2/h18-33,46H,6-17,34-37H2,1-5H3/t46-/m1/s1. The van der Waals surface area contributed by atoms with Gasteiger partial charge in [-0.3, -0.25) is 14.2 Å². The second-order valence-electron chi connectivity index (χ2n) is 16.4. The predicted molar refractivity (Wildman–Crippen MR) is 240 cm³/mol. The monoisotopic (exact) mass is 869 g/mol. The molecule has 14 heteroatoms. The smallest absolute Gasteiger partial charge is 0.306 e. The lowest BCUT2D eigenvalue weighted by Crippen LogP contribution is -2.37. The first-order valence-electron chi connectivity index (χ1n) is 21.7. The third kappa shape index (κ3) is 20.8. The molecule has 0 aromatic heterocycles. The average Bonchev–Trinajstić information content (AvgIpc) is 3.25. The third-order valence-electron chi connectivity index (χ3n) is 9.80. The van der Waals surface area contributed by atoms with Crippen LogP contribution in [-0.4, -0.2) is 70.0 Å². The number of unbranched alkanes of at least 4 members (excludes halogenated alkanes) is 2. The highest BCUT2D eigenvalue weighted by Gasteiger charge is 2.22. The molecule has 0 aliphatic rings. The van der Waals surface area contributed by atoms with Crippen molar-refractivity contribution in [2.24, 2.45) is 20.5 Å². The largest absolute Gasteiger partial charge is 0.756 e. The Morgan fingerprint density at radius 3 is 1.31 bits per heavy atom. The molecule has 0 bridgehead atoms. The normalized spacial score (nSPS) is 13.3. The topological polar surface area (TPSA) is 161 Å². The summed E-state index contributed by atoms with van der Waals surface area (Å²) in [6.07, 6.45) is 7.96. The molecular formula is C48H64N5O8P. The van der Waals surface area contributed by atoms with Crippen LogP contribution in [0.15, 0.2) is 118 Å². The van der Waals surface area contributed by atoms with Crippen molar-refractivity contribution in [3.8, 4) is 0 Å². The molecular weight excluding hydrogens is 806 g/mol. The maximum atomic E-state index is 12.9. The lowest BCUT2D eigenvalue weighted by molar-refractivity contribution is -0.870. The van der Waals surface area contributed by atoms with Crippen molar-refractivity contribution in [1.82, 2.24) is 0 Å². The lowest BCUT2D eigenvalue weighted by atomic mass is 10.1. The number of hydrogen-bond donors (Lipinski definition) is 0. The number of carbonyl (C=O) groups is 2. The van der Waals surface area contributed by atoms with Gasteiger partial charge in [-0.05, 0) is 122 Å². The Morgan fingerprint density at radius 1 is 0.565 bits per heavy atom. The van der Waals surface area contributed by atoms with Crippen LogP contribution in [0.3, 0.4) is 0 Å². The molecule has 0 aliphatic carbocycles. The summed E-state index contributed by atoms with van der Waals surface area (Å²) < 4.78 is 34.1. The Bertz CT molecular complexity index is 2030. The molecule has 0 fully saturated rings. The van der Waals surface area contributed by atoms with Crippen molar-refractivity contribution in [2.45, 2.75) is 97.0 Å². The minimum absolute atomic E-state index is 0.0571. The minimum atomic E-state index is -4.72. The van der Waals surface area contributed by atoms with Crippen LogP contribution in [0.1, 0.15) is 87.5 Å². The van der Waals surface area contributed by atoms with Gasteiger partial charge in [-0.1, -0.05) is 75.2 Å². The van der Waals surface area contributed by atoms with Crippen LogP contribution in [0.25, 0.3) is 0 Å². The van der Waals surface area contributed by atoms with Gasteiger partial charge < -0.3 is 27.9 Å². The Balaban J connectivity index is 1.22. The van der Waals surface area contributed by atoms with E-state index < -0.39 is 32.5 Å². The number of likely N-dealkylation sites (N-methyl/N-ethyl adjacent to an activating group) is 1. The molecule has 13 nitrogen and oxygen atoms in total. The van der Waals surface area contributed by atoms with E-state index in [1.54, 1.807) is 0 Å². The van der Waals surface area contributed by atoms with Crippen molar-refractivity contribution in [3.05, 3.63) is 119 Å². The van der Waals surface area contributed by atoms with Crippen LogP contribution in [0, 0.1) is 0 Å². The molecule has 4 rings (SSSR count). The van der Waals surface area contributed by atoms with Gasteiger partial charge in [0.2, 0.25) is 0 Å². The second kappa shape index (κ2) is 26.5. The molecule has 2 atom stereocenters. The van der Waals surface area contributed by atoms with Crippen LogP contribution >= 0.6 is 7.82 Å². The number of esters is 2. The molecule has 0 heterocycles. The highest BCUT2D eigenvalue weighted by molar-refractivity contribution is 7.45. The van der Waals surface area contributed by atoms with Crippen LogP contribution in [-0.2, 0) is 58.4 Å². The van der Waals surface area contributed by atoms with Crippen molar-refractivity contribution >= 4 is 42.5 Å². The number of azo groups is 2. The van der Waals surface area contributed by atoms with E-state index >= 15 is 0 Å². The van der Waals surface area contributed by atoms with Crippen LogP contribution in [0.5, 0.6) is 0 Å². The number of benzene rings is 4. The van der Waals surface area contributed by atoms with Crippen LogP contribution in [0.2, 0.25) is 0 Å². The molecule has 334 valence electrons. The van der Waals surface area contributed by atoms with E-state index in [1.165, 1.54) is 11.1 Å². The predicted octanol–water partition coefficient (Wildman–Crippen LogP) is 11.2. The number of hydrogen-bond acceptors (Lipinski definition) is 12. The fraction of sp³-hybridized carbons (Fsp3) is 0.458. The molecule has 0 N–H and O–H groups in total. The van der Waals surface area contributed by atoms with Gasteiger partial charge in [0.05, 0.1) is 50.5 Å². The zero-order chi connectivity index (χ0) is 44.6. The molecule has 4 aromatic rings. The fourth-order valence-electron chi connectivity index (χ4n) is 6.04. The van der Waals surface area contributed by atoms with E-state index in [0.717, 1.165) is 66.7 Å². The van der Waals surface area contributed by atoms with Crippen molar-refractivity contribution in [1.29, 1.82) is 0 Å². The highest BCUT2D eigenvalue weighted by atomic mass is 31.2. The summed E-state index contributed by atoms with van der Waals surface area (Å²) in [4.78, 5) is 38.1. The molecule has 4 aromatic carbocycles. The van der Waals surface area contributed by atoms with Gasteiger partial charge in [0.25, 0.3) is 7.82 Å². The van der Waals surface area contributed by atoms with Gasteiger partial charge in [0, 0.05) is 12.8 Å². The van der Waals surface area contributed by atoms with Crippen LogP contribution < -0.4 is 4.89 Å². The van der Waals surface area contributed by atoms with E-state index in [4.69, 9.17) is 18.5 Å². The Hall–Kier alpha value is -4.91. The second-order valence-corrected chi connectivity index (χ2v) is 17.8. The zero-order valence-electron chi connectivity index (χ0n) is 37.1. The first-order chi connectivity index (χ1) is 29.8. The summed E-state index contributed by atoms with van der Waals surface area (Å²) in [5.74, 6) is -1.08. The average molecular weight is 870 g/mol. The van der Waals surface area contributed by atoms with E-state index in [0.29, 0.717) is 42.4 Å². The van der Waals surface area contributed by atoms with Crippen LogP contribution in [0.4, 0.5) is 22.7 Å². The first kappa shape index (κ1) is 49.7.